The molecule has 9 heteroatoms. The minimum atomic E-state index is -1.33. The molecule has 44 heavy (non-hydrogen) atoms. The number of nitrogens with zero attached hydrogens (tertiary/aromatic N) is 1. The lowest BCUT2D eigenvalue weighted by Gasteiger charge is -2.31. The lowest BCUT2D eigenvalue weighted by molar-refractivity contribution is -0.130. The Morgan fingerprint density at radius 1 is 0.864 bits per heavy atom. The highest BCUT2D eigenvalue weighted by atomic mass is 16.5. The van der Waals surface area contributed by atoms with Crippen molar-refractivity contribution in [3.05, 3.63) is 125 Å². The van der Waals surface area contributed by atoms with Crippen LogP contribution in [0.1, 0.15) is 34.8 Å². The molecule has 0 radical (unpaired) electrons. The van der Waals surface area contributed by atoms with Crippen molar-refractivity contribution in [2.75, 3.05) is 27.4 Å². The number of methoxy groups -OCH3 is 2. The number of rotatable bonds is 14. The fourth-order valence-electron chi connectivity index (χ4n) is 5.12. The third kappa shape index (κ3) is 7.19. The summed E-state index contributed by atoms with van der Waals surface area (Å²) < 4.78 is 23.0. The molecule has 0 spiro atoms. The maximum atomic E-state index is 14.3. The zero-order valence-electron chi connectivity index (χ0n) is 24.9. The van der Waals surface area contributed by atoms with E-state index in [9.17, 15) is 4.79 Å². The number of amides is 1. The maximum Gasteiger partial charge on any atom is 0.266 e. The van der Waals surface area contributed by atoms with Gasteiger partial charge in [0.05, 0.1) is 20.8 Å². The van der Waals surface area contributed by atoms with E-state index in [-0.39, 0.29) is 12.5 Å². The first-order chi connectivity index (χ1) is 21.5. The summed E-state index contributed by atoms with van der Waals surface area (Å²) >= 11 is 0. The Morgan fingerprint density at radius 2 is 1.52 bits per heavy atom. The molecule has 0 bridgehead atoms. The van der Waals surface area contributed by atoms with E-state index in [4.69, 9.17) is 29.0 Å². The maximum absolute atomic E-state index is 14.3. The van der Waals surface area contributed by atoms with Gasteiger partial charge in [0.2, 0.25) is 5.90 Å². The normalized spacial score (nSPS) is 17.3. The molecule has 0 fully saturated rings. The Labute approximate surface area is 257 Å². The molecular weight excluding hydrogens is 558 g/mol. The number of carbonyl (C=O) groups is 1. The third-order valence-corrected chi connectivity index (χ3v) is 7.35. The van der Waals surface area contributed by atoms with Gasteiger partial charge >= 0.3 is 0 Å². The molecule has 1 aliphatic heterocycles. The van der Waals surface area contributed by atoms with Crippen LogP contribution in [0.25, 0.3) is 0 Å². The van der Waals surface area contributed by atoms with E-state index in [1.54, 1.807) is 20.3 Å². The minimum Gasteiger partial charge on any atom is -0.497 e. The number of carbonyl (C=O) groups excluding carboxylic acids is 1. The standard InChI is InChI=1S/C35H37N3O6/c1-41-30-20-26(21-31(22-30)42-2)24-36-38-34(40)35(23-25-10-5-3-6-11-25)32(27-12-7-4-8-13-27)44-33(37-35)28-14-16-29(17-15-28)43-19-9-18-39/h3-8,10-17,20-22,32,36,39H,9,18-19,23-24H2,1-2H3,(H,38,40)/t32-,35-/m0/s1. The second kappa shape index (κ2) is 14.5. The van der Waals surface area contributed by atoms with Crippen LogP contribution in [-0.4, -0.2) is 49.9 Å². The summed E-state index contributed by atoms with van der Waals surface area (Å²) in [6, 6.07) is 32.4. The summed E-state index contributed by atoms with van der Waals surface area (Å²) in [5.41, 5.74) is 8.04. The van der Waals surface area contributed by atoms with Crippen molar-refractivity contribution >= 4 is 11.8 Å². The van der Waals surface area contributed by atoms with Gasteiger partial charge in [0.1, 0.15) is 17.2 Å². The first-order valence-electron chi connectivity index (χ1n) is 14.5. The van der Waals surface area contributed by atoms with Gasteiger partial charge < -0.3 is 24.1 Å². The Bertz CT molecular complexity index is 1520. The van der Waals surface area contributed by atoms with Crippen molar-refractivity contribution in [1.29, 1.82) is 0 Å². The van der Waals surface area contributed by atoms with E-state index in [1.165, 1.54) is 0 Å². The van der Waals surface area contributed by atoms with Gasteiger partial charge in [-0.3, -0.25) is 10.2 Å². The number of hydrogen-bond donors (Lipinski definition) is 3. The molecule has 4 aromatic rings. The van der Waals surface area contributed by atoms with Gasteiger partial charge in [-0.05, 0) is 53.1 Å². The summed E-state index contributed by atoms with van der Waals surface area (Å²) in [6.07, 6.45) is 0.158. The molecule has 5 rings (SSSR count). The van der Waals surface area contributed by atoms with Gasteiger partial charge in [-0.25, -0.2) is 10.4 Å². The zero-order valence-corrected chi connectivity index (χ0v) is 24.9. The Balaban J connectivity index is 1.47. The second-order valence-corrected chi connectivity index (χ2v) is 10.4. The Morgan fingerprint density at radius 3 is 2.16 bits per heavy atom. The number of benzene rings is 4. The molecule has 1 amide bonds. The number of hydrazine groups is 1. The van der Waals surface area contributed by atoms with Crippen LogP contribution in [-0.2, 0) is 22.5 Å². The fourth-order valence-corrected chi connectivity index (χ4v) is 5.12. The van der Waals surface area contributed by atoms with E-state index in [0.29, 0.717) is 49.1 Å². The molecule has 9 nitrogen and oxygen atoms in total. The third-order valence-electron chi connectivity index (χ3n) is 7.35. The lowest BCUT2D eigenvalue weighted by atomic mass is 9.82. The Kier molecular flexibility index (Phi) is 10.1. The van der Waals surface area contributed by atoms with Crippen LogP contribution >= 0.6 is 0 Å². The summed E-state index contributed by atoms with van der Waals surface area (Å²) in [6.45, 7) is 0.808. The molecule has 0 unspecified atom stereocenters. The molecule has 4 aromatic carbocycles. The highest BCUT2D eigenvalue weighted by molar-refractivity contribution is 6.01. The highest BCUT2D eigenvalue weighted by Gasteiger charge is 2.53. The summed E-state index contributed by atoms with van der Waals surface area (Å²) in [4.78, 5) is 19.4. The number of ether oxygens (including phenoxy) is 4. The first kappa shape index (κ1) is 30.6. The summed E-state index contributed by atoms with van der Waals surface area (Å²) in [5, 5.41) is 9.05. The fraction of sp³-hybridized carbons (Fsp3) is 0.257. The van der Waals surface area contributed by atoms with Crippen LogP contribution in [0.4, 0.5) is 0 Å². The molecule has 1 heterocycles. The number of aliphatic imine (C=N–C) groups is 1. The summed E-state index contributed by atoms with van der Waals surface area (Å²) in [7, 11) is 3.19. The predicted octanol–water partition coefficient (Wildman–Crippen LogP) is 4.79. The van der Waals surface area contributed by atoms with Gasteiger partial charge in [0.15, 0.2) is 11.6 Å². The van der Waals surface area contributed by atoms with E-state index in [0.717, 1.165) is 22.3 Å². The molecule has 0 saturated carbocycles. The van der Waals surface area contributed by atoms with Crippen LogP contribution in [0, 0.1) is 0 Å². The molecule has 0 aromatic heterocycles. The minimum absolute atomic E-state index is 0.0672. The van der Waals surface area contributed by atoms with Crippen molar-refractivity contribution < 1.29 is 28.8 Å². The van der Waals surface area contributed by atoms with Gasteiger partial charge in [0.25, 0.3) is 5.91 Å². The van der Waals surface area contributed by atoms with Crippen LogP contribution in [0.5, 0.6) is 17.2 Å². The Hall–Kier alpha value is -4.86. The summed E-state index contributed by atoms with van der Waals surface area (Å²) in [5.74, 6) is 2.02. The first-order valence-corrected chi connectivity index (χ1v) is 14.5. The predicted molar refractivity (Wildman–Crippen MR) is 168 cm³/mol. The molecule has 0 saturated heterocycles. The van der Waals surface area contributed by atoms with Crippen molar-refractivity contribution in [2.45, 2.75) is 31.0 Å². The molecule has 2 atom stereocenters. The zero-order chi connectivity index (χ0) is 30.8. The van der Waals surface area contributed by atoms with E-state index in [1.807, 2.05) is 97.1 Å². The van der Waals surface area contributed by atoms with Crippen molar-refractivity contribution in [3.8, 4) is 17.2 Å². The number of aliphatic hydroxyl groups excluding tert-OH is 1. The highest BCUT2D eigenvalue weighted by Crippen LogP contribution is 2.42. The van der Waals surface area contributed by atoms with Crippen molar-refractivity contribution in [3.63, 3.8) is 0 Å². The molecule has 1 aliphatic rings. The van der Waals surface area contributed by atoms with Gasteiger partial charge in [-0.1, -0.05) is 60.7 Å². The molecule has 228 valence electrons. The number of aliphatic hydroxyl groups is 1. The molecular formula is C35H37N3O6. The number of hydrogen-bond acceptors (Lipinski definition) is 8. The molecule has 3 N–H and O–H groups in total. The molecule has 0 aliphatic carbocycles. The largest absolute Gasteiger partial charge is 0.497 e. The lowest BCUT2D eigenvalue weighted by Crippen LogP contribution is -2.53. The smallest absolute Gasteiger partial charge is 0.266 e. The van der Waals surface area contributed by atoms with E-state index >= 15 is 0 Å². The quantitative estimate of drug-likeness (QED) is 0.142. The number of nitrogens with one attached hydrogen (secondary N) is 2. The average molecular weight is 596 g/mol. The van der Waals surface area contributed by atoms with Gasteiger partial charge in [-0.2, -0.15) is 0 Å². The van der Waals surface area contributed by atoms with E-state index in [2.05, 4.69) is 10.9 Å². The van der Waals surface area contributed by atoms with Crippen molar-refractivity contribution in [1.82, 2.24) is 10.9 Å². The second-order valence-electron chi connectivity index (χ2n) is 10.4. The topological polar surface area (TPSA) is 111 Å². The van der Waals surface area contributed by atoms with Gasteiger partial charge in [0, 0.05) is 37.6 Å². The van der Waals surface area contributed by atoms with Crippen LogP contribution < -0.4 is 25.1 Å². The van der Waals surface area contributed by atoms with Crippen LogP contribution in [0.3, 0.4) is 0 Å². The average Bonchev–Trinajstić information content (AvgIpc) is 3.46. The SMILES string of the molecule is COc1cc(CNNC(=O)[C@@]2(Cc3ccccc3)N=C(c3ccc(OCCCO)cc3)O[C@H]2c2ccccc2)cc(OC)c1. The van der Waals surface area contributed by atoms with Crippen LogP contribution in [0.2, 0.25) is 0 Å². The monoisotopic (exact) mass is 595 g/mol. The van der Waals surface area contributed by atoms with Gasteiger partial charge in [-0.15, -0.1) is 0 Å². The van der Waals surface area contributed by atoms with Crippen LogP contribution in [0.15, 0.2) is 108 Å². The van der Waals surface area contributed by atoms with Crippen molar-refractivity contribution in [2.24, 2.45) is 4.99 Å². The van der Waals surface area contributed by atoms with E-state index < -0.39 is 11.6 Å².